The molecule has 18 heavy (non-hydrogen) atoms. The van der Waals surface area contributed by atoms with E-state index in [0.717, 1.165) is 22.4 Å². The Morgan fingerprint density at radius 2 is 2.00 bits per heavy atom. The highest BCUT2D eigenvalue weighted by Gasteiger charge is 2.19. The van der Waals surface area contributed by atoms with Crippen LogP contribution in [0.25, 0.3) is 11.3 Å². The molecule has 0 aliphatic heterocycles. The largest absolute Gasteiger partial charge is 0.384 e. The summed E-state index contributed by atoms with van der Waals surface area (Å²) in [6, 6.07) is 4.74. The fraction of sp³-hybridized carbons (Fsp3) is 0.357. The summed E-state index contributed by atoms with van der Waals surface area (Å²) in [5.74, 6) is 0.634. The fourth-order valence-corrected chi connectivity index (χ4v) is 2.17. The summed E-state index contributed by atoms with van der Waals surface area (Å²) in [4.78, 5) is 0. The Bertz CT molecular complexity index is 585. The van der Waals surface area contributed by atoms with Crippen LogP contribution in [-0.4, -0.2) is 9.78 Å². The van der Waals surface area contributed by atoms with Gasteiger partial charge in [0.2, 0.25) is 0 Å². The number of hydrogen-bond donors (Lipinski definition) is 1. The Morgan fingerprint density at radius 3 is 2.61 bits per heavy atom. The van der Waals surface area contributed by atoms with E-state index in [-0.39, 0.29) is 11.7 Å². The van der Waals surface area contributed by atoms with Gasteiger partial charge in [0.1, 0.15) is 11.6 Å². The van der Waals surface area contributed by atoms with Crippen molar-refractivity contribution in [1.29, 1.82) is 0 Å². The molecule has 3 nitrogen and oxygen atoms in total. The van der Waals surface area contributed by atoms with Gasteiger partial charge in [-0.05, 0) is 30.5 Å². The number of aromatic nitrogens is 2. The number of halogens is 1. The molecule has 96 valence electrons. The third-order valence-corrected chi connectivity index (χ3v) is 3.16. The van der Waals surface area contributed by atoms with Crippen LogP contribution in [0.15, 0.2) is 18.2 Å². The lowest BCUT2D eigenvalue weighted by Crippen LogP contribution is -2.00. The van der Waals surface area contributed by atoms with E-state index in [2.05, 4.69) is 18.9 Å². The minimum absolute atomic E-state index is 0.247. The normalized spacial score (nSPS) is 11.2. The topological polar surface area (TPSA) is 43.8 Å². The fourth-order valence-electron chi connectivity index (χ4n) is 2.17. The Kier molecular flexibility index (Phi) is 3.11. The molecule has 0 saturated heterocycles. The maximum absolute atomic E-state index is 13.4. The van der Waals surface area contributed by atoms with Crippen molar-refractivity contribution < 1.29 is 4.39 Å². The standard InChI is InChI=1S/C14H18FN3/c1-8(2)12-13(17-18(4)14(12)16)11-7-10(15)6-5-9(11)3/h5-8H,16H2,1-4H3. The summed E-state index contributed by atoms with van der Waals surface area (Å²) < 4.78 is 15.1. The first-order chi connectivity index (χ1) is 8.41. The van der Waals surface area contributed by atoms with E-state index in [1.807, 2.05) is 6.92 Å². The number of nitrogens with two attached hydrogens (primary N) is 1. The van der Waals surface area contributed by atoms with Crippen LogP contribution in [0.3, 0.4) is 0 Å². The maximum atomic E-state index is 13.4. The van der Waals surface area contributed by atoms with Crippen molar-refractivity contribution in [3.63, 3.8) is 0 Å². The van der Waals surface area contributed by atoms with Crippen LogP contribution in [0, 0.1) is 12.7 Å². The van der Waals surface area contributed by atoms with Crippen molar-refractivity contribution in [2.24, 2.45) is 7.05 Å². The number of aryl methyl sites for hydroxylation is 2. The third kappa shape index (κ3) is 1.98. The minimum Gasteiger partial charge on any atom is -0.384 e. The summed E-state index contributed by atoms with van der Waals surface area (Å²) in [6.07, 6.45) is 0. The zero-order chi connectivity index (χ0) is 13.4. The molecule has 0 fully saturated rings. The molecule has 1 heterocycles. The van der Waals surface area contributed by atoms with E-state index < -0.39 is 0 Å². The van der Waals surface area contributed by atoms with Gasteiger partial charge in [-0.2, -0.15) is 5.10 Å². The molecule has 1 aromatic carbocycles. The molecule has 0 aliphatic rings. The molecule has 1 aromatic heterocycles. The Hall–Kier alpha value is -1.84. The Morgan fingerprint density at radius 1 is 1.33 bits per heavy atom. The average molecular weight is 247 g/mol. The SMILES string of the molecule is Cc1ccc(F)cc1-c1nn(C)c(N)c1C(C)C. The van der Waals surface area contributed by atoms with E-state index in [4.69, 9.17) is 5.73 Å². The number of hydrogen-bond acceptors (Lipinski definition) is 2. The van der Waals surface area contributed by atoms with Crippen LogP contribution in [0.2, 0.25) is 0 Å². The van der Waals surface area contributed by atoms with Crippen molar-refractivity contribution in [3.05, 3.63) is 35.1 Å². The number of nitrogens with zero attached hydrogens (tertiary/aromatic N) is 2. The van der Waals surface area contributed by atoms with Gasteiger partial charge in [0.15, 0.2) is 0 Å². The van der Waals surface area contributed by atoms with Gasteiger partial charge < -0.3 is 5.73 Å². The molecule has 2 rings (SSSR count). The van der Waals surface area contributed by atoms with Gasteiger partial charge in [-0.3, -0.25) is 4.68 Å². The van der Waals surface area contributed by atoms with Crippen LogP contribution in [-0.2, 0) is 7.05 Å². The second kappa shape index (κ2) is 4.44. The first-order valence-electron chi connectivity index (χ1n) is 6.00. The van der Waals surface area contributed by atoms with Gasteiger partial charge in [0, 0.05) is 18.2 Å². The van der Waals surface area contributed by atoms with Gasteiger partial charge in [-0.1, -0.05) is 19.9 Å². The van der Waals surface area contributed by atoms with Gasteiger partial charge in [-0.25, -0.2) is 4.39 Å². The lowest BCUT2D eigenvalue weighted by molar-refractivity contribution is 0.627. The Balaban J connectivity index is 2.71. The predicted octanol–water partition coefficient (Wildman–Crippen LogP) is 3.24. The van der Waals surface area contributed by atoms with Crippen molar-refractivity contribution in [2.45, 2.75) is 26.7 Å². The molecule has 0 saturated carbocycles. The quantitative estimate of drug-likeness (QED) is 0.885. The van der Waals surface area contributed by atoms with Crippen LogP contribution in [0.5, 0.6) is 0 Å². The monoisotopic (exact) mass is 247 g/mol. The van der Waals surface area contributed by atoms with Crippen LogP contribution in [0.4, 0.5) is 10.2 Å². The van der Waals surface area contributed by atoms with E-state index >= 15 is 0 Å². The maximum Gasteiger partial charge on any atom is 0.125 e. The van der Waals surface area contributed by atoms with Gasteiger partial charge >= 0.3 is 0 Å². The minimum atomic E-state index is -0.255. The van der Waals surface area contributed by atoms with E-state index in [1.54, 1.807) is 17.8 Å². The highest BCUT2D eigenvalue weighted by atomic mass is 19.1. The van der Waals surface area contributed by atoms with Gasteiger partial charge in [0.05, 0.1) is 5.69 Å². The second-order valence-electron chi connectivity index (χ2n) is 4.89. The van der Waals surface area contributed by atoms with Gasteiger partial charge in [0.25, 0.3) is 0 Å². The van der Waals surface area contributed by atoms with Crippen molar-refractivity contribution in [2.75, 3.05) is 5.73 Å². The molecule has 4 heteroatoms. The van der Waals surface area contributed by atoms with Crippen molar-refractivity contribution in [3.8, 4) is 11.3 Å². The summed E-state index contributed by atoms with van der Waals surface area (Å²) >= 11 is 0. The lowest BCUT2D eigenvalue weighted by Gasteiger charge is -2.09. The first-order valence-corrected chi connectivity index (χ1v) is 6.00. The number of benzene rings is 1. The number of nitrogen functional groups attached to an aromatic ring is 1. The molecule has 0 atom stereocenters. The average Bonchev–Trinajstić information content (AvgIpc) is 2.59. The summed E-state index contributed by atoms with van der Waals surface area (Å²) in [5, 5.41) is 4.43. The number of anilines is 1. The van der Waals surface area contributed by atoms with Crippen LogP contribution in [0.1, 0.15) is 30.9 Å². The van der Waals surface area contributed by atoms with Crippen LogP contribution < -0.4 is 5.73 Å². The summed E-state index contributed by atoms with van der Waals surface area (Å²) in [6.45, 7) is 6.07. The Labute approximate surface area is 106 Å². The van der Waals surface area contributed by atoms with Crippen molar-refractivity contribution in [1.82, 2.24) is 9.78 Å². The van der Waals surface area contributed by atoms with Crippen LogP contribution >= 0.6 is 0 Å². The molecule has 0 radical (unpaired) electrons. The molecule has 0 bridgehead atoms. The molecule has 2 aromatic rings. The molecule has 0 unspecified atom stereocenters. The van der Waals surface area contributed by atoms with Crippen molar-refractivity contribution >= 4 is 5.82 Å². The highest BCUT2D eigenvalue weighted by Crippen LogP contribution is 2.34. The predicted molar refractivity (Wildman–Crippen MR) is 71.8 cm³/mol. The molecule has 0 amide bonds. The molecule has 0 spiro atoms. The molecule has 2 N–H and O–H groups in total. The van der Waals surface area contributed by atoms with Gasteiger partial charge in [-0.15, -0.1) is 0 Å². The van der Waals surface area contributed by atoms with E-state index in [0.29, 0.717) is 5.82 Å². The second-order valence-corrected chi connectivity index (χ2v) is 4.89. The lowest BCUT2D eigenvalue weighted by atomic mass is 9.96. The first kappa shape index (κ1) is 12.6. The molecular weight excluding hydrogens is 229 g/mol. The smallest absolute Gasteiger partial charge is 0.125 e. The summed E-state index contributed by atoms with van der Waals surface area (Å²) in [7, 11) is 1.80. The number of rotatable bonds is 2. The zero-order valence-electron chi connectivity index (χ0n) is 11.2. The highest BCUT2D eigenvalue weighted by molar-refractivity contribution is 5.71. The molecular formula is C14H18FN3. The third-order valence-electron chi connectivity index (χ3n) is 3.16. The zero-order valence-corrected chi connectivity index (χ0v) is 11.2. The summed E-state index contributed by atoms with van der Waals surface area (Å²) in [5.41, 5.74) is 9.60. The van der Waals surface area contributed by atoms with E-state index in [1.165, 1.54) is 12.1 Å². The molecule has 0 aliphatic carbocycles. The van der Waals surface area contributed by atoms with E-state index in [9.17, 15) is 4.39 Å².